The fourth-order valence-corrected chi connectivity index (χ4v) is 4.25. The molecule has 6 nitrogen and oxygen atoms in total. The summed E-state index contributed by atoms with van der Waals surface area (Å²) in [5.74, 6) is 1.79. The largest absolute Gasteiger partial charge is 0.375 e. The van der Waals surface area contributed by atoms with Gasteiger partial charge in [-0.3, -0.25) is 14.5 Å². The first-order valence-corrected chi connectivity index (χ1v) is 9.78. The average molecular weight is 354 g/mol. The molecule has 2 amide bonds. The van der Waals surface area contributed by atoms with Crippen molar-refractivity contribution in [3.8, 4) is 0 Å². The molecule has 0 aromatic carbocycles. The second-order valence-electron chi connectivity index (χ2n) is 7.61. The van der Waals surface area contributed by atoms with Crippen molar-refractivity contribution in [2.45, 2.75) is 39.0 Å². The minimum absolute atomic E-state index is 0.109. The maximum Gasteiger partial charge on any atom is 0.248 e. The molecular formula is C19H35N3O3. The van der Waals surface area contributed by atoms with Gasteiger partial charge in [0.25, 0.3) is 0 Å². The Bertz CT molecular complexity index is 428. The van der Waals surface area contributed by atoms with Crippen molar-refractivity contribution in [1.82, 2.24) is 14.7 Å². The standard InChI is InChI=1S/C19H35N3O3/c1-4-9-20(2)14-18(23)21-10-5-16(6-11-21)17-7-12-22(13-8-17)19(24)15-25-3/h16-17H,4-15H2,1-3H3. The third-order valence-electron chi connectivity index (χ3n) is 5.73. The van der Waals surface area contributed by atoms with Gasteiger partial charge in [-0.2, -0.15) is 0 Å². The second kappa shape index (κ2) is 10.1. The zero-order valence-corrected chi connectivity index (χ0v) is 16.2. The number of amides is 2. The van der Waals surface area contributed by atoms with Crippen LogP contribution in [0, 0.1) is 11.8 Å². The first-order chi connectivity index (χ1) is 12.0. The molecule has 2 aliphatic heterocycles. The number of hydrogen-bond acceptors (Lipinski definition) is 4. The Morgan fingerprint density at radius 1 is 0.960 bits per heavy atom. The van der Waals surface area contributed by atoms with Crippen LogP contribution in [0.25, 0.3) is 0 Å². The lowest BCUT2D eigenvalue weighted by atomic mass is 9.79. The molecule has 0 radical (unpaired) electrons. The normalized spacial score (nSPS) is 20.3. The molecule has 0 atom stereocenters. The number of carbonyl (C=O) groups is 2. The molecule has 0 aliphatic carbocycles. The molecule has 2 fully saturated rings. The van der Waals surface area contributed by atoms with Crippen LogP contribution in [0.2, 0.25) is 0 Å². The van der Waals surface area contributed by atoms with Crippen LogP contribution >= 0.6 is 0 Å². The van der Waals surface area contributed by atoms with Gasteiger partial charge in [0.1, 0.15) is 6.61 Å². The first-order valence-electron chi connectivity index (χ1n) is 9.78. The van der Waals surface area contributed by atoms with E-state index in [9.17, 15) is 9.59 Å². The van der Waals surface area contributed by atoms with Gasteiger partial charge in [0.05, 0.1) is 6.54 Å². The molecule has 25 heavy (non-hydrogen) atoms. The Hall–Kier alpha value is -1.14. The number of methoxy groups -OCH3 is 1. The Morgan fingerprint density at radius 3 is 1.88 bits per heavy atom. The lowest BCUT2D eigenvalue weighted by Gasteiger charge is -2.40. The molecule has 0 unspecified atom stereocenters. The highest BCUT2D eigenvalue weighted by atomic mass is 16.5. The summed E-state index contributed by atoms with van der Waals surface area (Å²) in [5, 5.41) is 0. The number of rotatable bonds is 7. The summed E-state index contributed by atoms with van der Waals surface area (Å²) in [5.41, 5.74) is 0. The quantitative estimate of drug-likeness (QED) is 0.695. The maximum absolute atomic E-state index is 12.4. The van der Waals surface area contributed by atoms with E-state index in [1.165, 1.54) is 0 Å². The zero-order valence-electron chi connectivity index (χ0n) is 16.2. The number of piperidine rings is 2. The maximum atomic E-state index is 12.4. The van der Waals surface area contributed by atoms with E-state index < -0.39 is 0 Å². The summed E-state index contributed by atoms with van der Waals surface area (Å²) in [6.07, 6.45) is 5.48. The highest BCUT2D eigenvalue weighted by Gasteiger charge is 2.31. The van der Waals surface area contributed by atoms with Crippen LogP contribution in [-0.4, -0.2) is 86.5 Å². The van der Waals surface area contributed by atoms with Crippen LogP contribution < -0.4 is 0 Å². The van der Waals surface area contributed by atoms with Gasteiger partial charge in [0, 0.05) is 33.3 Å². The van der Waals surface area contributed by atoms with Crippen LogP contribution in [0.3, 0.4) is 0 Å². The topological polar surface area (TPSA) is 53.1 Å². The van der Waals surface area contributed by atoms with Crippen LogP contribution in [-0.2, 0) is 14.3 Å². The van der Waals surface area contributed by atoms with Crippen LogP contribution in [0.15, 0.2) is 0 Å². The lowest BCUT2D eigenvalue weighted by Crippen LogP contribution is -2.46. The van der Waals surface area contributed by atoms with E-state index in [4.69, 9.17) is 4.74 Å². The molecule has 0 bridgehead atoms. The van der Waals surface area contributed by atoms with Crippen molar-refractivity contribution < 1.29 is 14.3 Å². The molecule has 0 saturated carbocycles. The zero-order chi connectivity index (χ0) is 18.2. The molecule has 0 spiro atoms. The van der Waals surface area contributed by atoms with Gasteiger partial charge in [-0.1, -0.05) is 6.92 Å². The van der Waals surface area contributed by atoms with E-state index in [1.807, 2.05) is 16.8 Å². The van der Waals surface area contributed by atoms with Crippen molar-refractivity contribution >= 4 is 11.8 Å². The molecule has 0 aromatic rings. The Balaban J connectivity index is 1.70. The van der Waals surface area contributed by atoms with Crippen LogP contribution in [0.5, 0.6) is 0 Å². The summed E-state index contributed by atoms with van der Waals surface area (Å²) in [6.45, 7) is 7.35. The van der Waals surface area contributed by atoms with Crippen molar-refractivity contribution in [2.24, 2.45) is 11.8 Å². The first kappa shape index (κ1) is 20.2. The van der Waals surface area contributed by atoms with Gasteiger partial charge in [0.2, 0.25) is 11.8 Å². The van der Waals surface area contributed by atoms with Gasteiger partial charge < -0.3 is 14.5 Å². The summed E-state index contributed by atoms with van der Waals surface area (Å²) in [6, 6.07) is 0. The summed E-state index contributed by atoms with van der Waals surface area (Å²) < 4.78 is 4.94. The molecular weight excluding hydrogens is 318 g/mol. The molecule has 2 rings (SSSR count). The van der Waals surface area contributed by atoms with Gasteiger partial charge >= 0.3 is 0 Å². The van der Waals surface area contributed by atoms with Crippen molar-refractivity contribution in [1.29, 1.82) is 0 Å². The lowest BCUT2D eigenvalue weighted by molar-refractivity contribution is -0.137. The van der Waals surface area contributed by atoms with E-state index in [1.54, 1.807) is 7.11 Å². The molecule has 2 heterocycles. The highest BCUT2D eigenvalue weighted by Crippen LogP contribution is 2.32. The monoisotopic (exact) mass is 353 g/mol. The van der Waals surface area contributed by atoms with Crippen LogP contribution in [0.4, 0.5) is 0 Å². The van der Waals surface area contributed by atoms with Crippen LogP contribution in [0.1, 0.15) is 39.0 Å². The molecule has 2 saturated heterocycles. The fraction of sp³-hybridized carbons (Fsp3) is 0.895. The summed E-state index contributed by atoms with van der Waals surface area (Å²) in [7, 11) is 3.59. The highest BCUT2D eigenvalue weighted by molar-refractivity contribution is 5.78. The molecule has 0 N–H and O–H groups in total. The number of likely N-dealkylation sites (N-methyl/N-ethyl adjacent to an activating group) is 1. The third kappa shape index (κ3) is 5.96. The molecule has 144 valence electrons. The summed E-state index contributed by atoms with van der Waals surface area (Å²) >= 11 is 0. The van der Waals surface area contributed by atoms with E-state index in [-0.39, 0.29) is 18.4 Å². The summed E-state index contributed by atoms with van der Waals surface area (Å²) in [4.78, 5) is 30.3. The Labute approximate surface area is 152 Å². The minimum atomic E-state index is 0.109. The molecule has 0 aromatic heterocycles. The Morgan fingerprint density at radius 2 is 1.44 bits per heavy atom. The fourth-order valence-electron chi connectivity index (χ4n) is 4.25. The van der Waals surface area contributed by atoms with Gasteiger partial charge in [-0.15, -0.1) is 0 Å². The van der Waals surface area contributed by atoms with E-state index >= 15 is 0 Å². The number of nitrogens with zero attached hydrogens (tertiary/aromatic N) is 3. The van der Waals surface area contributed by atoms with Gasteiger partial charge in [-0.25, -0.2) is 0 Å². The number of likely N-dealkylation sites (tertiary alicyclic amines) is 2. The SMILES string of the molecule is CCCN(C)CC(=O)N1CCC(C2CCN(C(=O)COC)CC2)CC1. The van der Waals surface area contributed by atoms with E-state index in [2.05, 4.69) is 11.8 Å². The second-order valence-corrected chi connectivity index (χ2v) is 7.61. The van der Waals surface area contributed by atoms with E-state index in [0.29, 0.717) is 18.4 Å². The van der Waals surface area contributed by atoms with Crippen molar-refractivity contribution in [2.75, 3.05) is 60.0 Å². The number of carbonyl (C=O) groups excluding carboxylic acids is 2. The predicted octanol–water partition coefficient (Wildman–Crippen LogP) is 1.45. The third-order valence-corrected chi connectivity index (χ3v) is 5.73. The molecule has 2 aliphatic rings. The van der Waals surface area contributed by atoms with Gasteiger partial charge in [0.15, 0.2) is 0 Å². The van der Waals surface area contributed by atoms with Crippen molar-refractivity contribution in [3.05, 3.63) is 0 Å². The Kier molecular flexibility index (Phi) is 8.16. The van der Waals surface area contributed by atoms with Crippen molar-refractivity contribution in [3.63, 3.8) is 0 Å². The smallest absolute Gasteiger partial charge is 0.248 e. The molecule has 6 heteroatoms. The van der Waals surface area contributed by atoms with E-state index in [0.717, 1.165) is 64.8 Å². The average Bonchev–Trinajstić information content (AvgIpc) is 2.62. The van der Waals surface area contributed by atoms with Gasteiger partial charge in [-0.05, 0) is 57.5 Å². The number of ether oxygens (including phenoxy) is 1. The number of hydrogen-bond donors (Lipinski definition) is 0. The minimum Gasteiger partial charge on any atom is -0.375 e. The predicted molar refractivity (Wildman–Crippen MR) is 98.3 cm³/mol.